The standard InChI is InChI=1S/C8H11NO/c1-7(10)9-8-5-3-2-4-6-8/h3,5-6H,2,4H2,1H3,(H,9,10). The van der Waals surface area contributed by atoms with E-state index in [4.69, 9.17) is 0 Å². The zero-order valence-electron chi connectivity index (χ0n) is 6.05. The summed E-state index contributed by atoms with van der Waals surface area (Å²) in [4.78, 5) is 10.5. The van der Waals surface area contributed by atoms with Gasteiger partial charge in [-0.15, -0.1) is 0 Å². The van der Waals surface area contributed by atoms with Crippen molar-refractivity contribution in [2.24, 2.45) is 0 Å². The van der Waals surface area contributed by atoms with Gasteiger partial charge in [-0.2, -0.15) is 0 Å². The van der Waals surface area contributed by atoms with Crippen molar-refractivity contribution in [1.29, 1.82) is 0 Å². The highest BCUT2D eigenvalue weighted by Crippen LogP contribution is 2.05. The minimum Gasteiger partial charge on any atom is -0.327 e. The third-order valence-corrected chi connectivity index (χ3v) is 1.32. The highest BCUT2D eigenvalue weighted by atomic mass is 16.1. The second-order valence-corrected chi connectivity index (χ2v) is 2.32. The van der Waals surface area contributed by atoms with Gasteiger partial charge in [0, 0.05) is 12.6 Å². The van der Waals surface area contributed by atoms with Gasteiger partial charge >= 0.3 is 0 Å². The normalized spacial score (nSPS) is 16.3. The van der Waals surface area contributed by atoms with E-state index in [1.807, 2.05) is 12.2 Å². The second kappa shape index (κ2) is 3.20. The molecular formula is C8H11NO. The van der Waals surface area contributed by atoms with Gasteiger partial charge in [-0.3, -0.25) is 4.79 Å². The average Bonchev–Trinajstić information content (AvgIpc) is 1.88. The molecule has 0 aromatic carbocycles. The predicted octanol–water partition coefficient (Wildman–Crippen LogP) is 1.36. The van der Waals surface area contributed by atoms with Gasteiger partial charge in [0.25, 0.3) is 0 Å². The molecule has 2 nitrogen and oxygen atoms in total. The molecule has 0 radical (unpaired) electrons. The van der Waals surface area contributed by atoms with E-state index in [2.05, 4.69) is 11.4 Å². The first-order valence-corrected chi connectivity index (χ1v) is 3.43. The Morgan fingerprint density at radius 3 is 2.90 bits per heavy atom. The maximum absolute atomic E-state index is 10.5. The highest BCUT2D eigenvalue weighted by molar-refractivity contribution is 5.75. The van der Waals surface area contributed by atoms with E-state index in [-0.39, 0.29) is 5.91 Å². The van der Waals surface area contributed by atoms with Crippen molar-refractivity contribution in [1.82, 2.24) is 5.32 Å². The average molecular weight is 137 g/mol. The molecule has 1 aliphatic rings. The molecule has 1 rings (SSSR count). The van der Waals surface area contributed by atoms with Crippen LogP contribution in [0.25, 0.3) is 0 Å². The Labute approximate surface area is 60.6 Å². The van der Waals surface area contributed by atoms with Crippen LogP contribution in [0.1, 0.15) is 19.8 Å². The molecule has 0 aromatic rings. The molecule has 10 heavy (non-hydrogen) atoms. The zero-order chi connectivity index (χ0) is 7.40. The summed E-state index contributed by atoms with van der Waals surface area (Å²) in [6, 6.07) is 0. The van der Waals surface area contributed by atoms with Crippen molar-refractivity contribution in [3.05, 3.63) is 23.9 Å². The minimum atomic E-state index is -0.00204. The van der Waals surface area contributed by atoms with Gasteiger partial charge < -0.3 is 5.32 Å². The topological polar surface area (TPSA) is 29.1 Å². The van der Waals surface area contributed by atoms with Crippen LogP contribution in [0.5, 0.6) is 0 Å². The SMILES string of the molecule is CC(=O)NC1=CCCC=C1. The number of hydrogen-bond donors (Lipinski definition) is 1. The zero-order valence-corrected chi connectivity index (χ0v) is 6.05. The van der Waals surface area contributed by atoms with E-state index in [0.29, 0.717) is 0 Å². The van der Waals surface area contributed by atoms with Gasteiger partial charge in [0.05, 0.1) is 0 Å². The van der Waals surface area contributed by atoms with E-state index in [9.17, 15) is 4.79 Å². The maximum atomic E-state index is 10.5. The molecule has 1 N–H and O–H groups in total. The van der Waals surface area contributed by atoms with E-state index >= 15 is 0 Å². The van der Waals surface area contributed by atoms with Crippen LogP contribution >= 0.6 is 0 Å². The predicted molar refractivity (Wildman–Crippen MR) is 40.3 cm³/mol. The van der Waals surface area contributed by atoms with Gasteiger partial charge in [0.1, 0.15) is 0 Å². The Hall–Kier alpha value is -1.05. The molecular weight excluding hydrogens is 126 g/mol. The third kappa shape index (κ3) is 2.05. The van der Waals surface area contributed by atoms with Crippen molar-refractivity contribution < 1.29 is 4.79 Å². The summed E-state index contributed by atoms with van der Waals surface area (Å²) in [5.41, 5.74) is 0.929. The van der Waals surface area contributed by atoms with Crippen LogP contribution in [-0.2, 0) is 4.79 Å². The van der Waals surface area contributed by atoms with Crippen LogP contribution in [0.15, 0.2) is 23.9 Å². The van der Waals surface area contributed by atoms with Crippen LogP contribution in [0.2, 0.25) is 0 Å². The van der Waals surface area contributed by atoms with Crippen molar-refractivity contribution in [3.63, 3.8) is 0 Å². The maximum Gasteiger partial charge on any atom is 0.221 e. The summed E-state index contributed by atoms with van der Waals surface area (Å²) in [7, 11) is 0. The van der Waals surface area contributed by atoms with Gasteiger partial charge in [-0.05, 0) is 18.9 Å². The number of carbonyl (C=O) groups is 1. The van der Waals surface area contributed by atoms with Gasteiger partial charge in [0.2, 0.25) is 5.91 Å². The molecule has 0 heterocycles. The number of nitrogens with one attached hydrogen (secondary N) is 1. The molecule has 0 aromatic heterocycles. The lowest BCUT2D eigenvalue weighted by atomic mass is 10.1. The minimum absolute atomic E-state index is 0.00204. The molecule has 2 heteroatoms. The molecule has 1 amide bonds. The number of amides is 1. The number of allylic oxidation sites excluding steroid dienone is 3. The van der Waals surface area contributed by atoms with Gasteiger partial charge in [-0.1, -0.05) is 12.2 Å². The molecule has 0 spiro atoms. The van der Waals surface area contributed by atoms with Crippen LogP contribution in [0, 0.1) is 0 Å². The number of carbonyl (C=O) groups excluding carboxylic acids is 1. The fourth-order valence-electron chi connectivity index (χ4n) is 0.909. The van der Waals surface area contributed by atoms with Crippen molar-refractivity contribution in [2.75, 3.05) is 0 Å². The lowest BCUT2D eigenvalue weighted by Gasteiger charge is -2.05. The molecule has 54 valence electrons. The fourth-order valence-corrected chi connectivity index (χ4v) is 0.909. The lowest BCUT2D eigenvalue weighted by Crippen LogP contribution is -2.18. The van der Waals surface area contributed by atoms with Crippen LogP contribution in [0.4, 0.5) is 0 Å². The molecule has 0 bridgehead atoms. The smallest absolute Gasteiger partial charge is 0.221 e. The van der Waals surface area contributed by atoms with E-state index in [0.717, 1.165) is 18.5 Å². The summed E-state index contributed by atoms with van der Waals surface area (Å²) < 4.78 is 0. The Morgan fingerprint density at radius 2 is 2.40 bits per heavy atom. The first-order valence-electron chi connectivity index (χ1n) is 3.43. The van der Waals surface area contributed by atoms with Crippen molar-refractivity contribution in [2.45, 2.75) is 19.8 Å². The molecule has 1 aliphatic carbocycles. The monoisotopic (exact) mass is 137 g/mol. The Bertz CT molecular complexity index is 191. The summed E-state index contributed by atoms with van der Waals surface area (Å²) in [6.07, 6.45) is 8.15. The van der Waals surface area contributed by atoms with Crippen LogP contribution in [0.3, 0.4) is 0 Å². The quantitative estimate of drug-likeness (QED) is 0.580. The largest absolute Gasteiger partial charge is 0.327 e. The van der Waals surface area contributed by atoms with Crippen LogP contribution < -0.4 is 5.32 Å². The van der Waals surface area contributed by atoms with E-state index < -0.39 is 0 Å². The molecule has 0 unspecified atom stereocenters. The molecule has 0 fully saturated rings. The lowest BCUT2D eigenvalue weighted by molar-refractivity contribution is -0.118. The molecule has 0 atom stereocenters. The highest BCUT2D eigenvalue weighted by Gasteiger charge is 1.96. The molecule has 0 saturated carbocycles. The molecule has 0 aliphatic heterocycles. The number of hydrogen-bond acceptors (Lipinski definition) is 1. The van der Waals surface area contributed by atoms with E-state index in [1.54, 1.807) is 0 Å². The third-order valence-electron chi connectivity index (χ3n) is 1.32. The first-order chi connectivity index (χ1) is 4.79. The Morgan fingerprint density at radius 1 is 1.60 bits per heavy atom. The van der Waals surface area contributed by atoms with Crippen molar-refractivity contribution >= 4 is 5.91 Å². The van der Waals surface area contributed by atoms with Gasteiger partial charge in [-0.25, -0.2) is 0 Å². The van der Waals surface area contributed by atoms with Crippen LogP contribution in [-0.4, -0.2) is 5.91 Å². The summed E-state index contributed by atoms with van der Waals surface area (Å²) in [5.74, 6) is -0.00204. The van der Waals surface area contributed by atoms with Crippen molar-refractivity contribution in [3.8, 4) is 0 Å². The summed E-state index contributed by atoms with van der Waals surface area (Å²) in [6.45, 7) is 1.52. The van der Waals surface area contributed by atoms with Gasteiger partial charge in [0.15, 0.2) is 0 Å². The Kier molecular flexibility index (Phi) is 2.26. The number of rotatable bonds is 1. The summed E-state index contributed by atoms with van der Waals surface area (Å²) in [5, 5.41) is 2.72. The van der Waals surface area contributed by atoms with E-state index in [1.165, 1.54) is 6.92 Å². The second-order valence-electron chi connectivity index (χ2n) is 2.32. The first kappa shape index (κ1) is 7.06. The Balaban J connectivity index is 2.48. The molecule has 0 saturated heterocycles. The summed E-state index contributed by atoms with van der Waals surface area (Å²) >= 11 is 0. The fraction of sp³-hybridized carbons (Fsp3) is 0.375.